The fourth-order valence-electron chi connectivity index (χ4n) is 1.54. The van der Waals surface area contributed by atoms with E-state index in [0.717, 1.165) is 10.3 Å². The first-order chi connectivity index (χ1) is 7.18. The molecule has 1 aliphatic heterocycles. The van der Waals surface area contributed by atoms with Gasteiger partial charge in [-0.1, -0.05) is 0 Å². The van der Waals surface area contributed by atoms with Gasteiger partial charge in [-0.15, -0.1) is 0 Å². The third-order valence-corrected chi connectivity index (χ3v) is 4.38. The first kappa shape index (κ1) is 10.3. The zero-order valence-electron chi connectivity index (χ0n) is 8.14. The fourth-order valence-corrected chi connectivity index (χ4v) is 3.60. The Kier molecular flexibility index (Phi) is 2.80. The molecule has 3 nitrogen and oxygen atoms in total. The molecule has 1 aromatic carbocycles. The van der Waals surface area contributed by atoms with Crippen LogP contribution in [0.1, 0.15) is 6.42 Å². The summed E-state index contributed by atoms with van der Waals surface area (Å²) in [5, 5.41) is 8.66. The molecule has 78 valence electrons. The van der Waals surface area contributed by atoms with Crippen LogP contribution in [-0.4, -0.2) is 32.6 Å². The Labute approximate surface area is 94.6 Å². The summed E-state index contributed by atoms with van der Waals surface area (Å²) in [6, 6.07) is 8.09. The number of benzene rings is 1. The van der Waals surface area contributed by atoms with Crippen LogP contribution in [0.15, 0.2) is 35.4 Å². The third kappa shape index (κ3) is 2.06. The van der Waals surface area contributed by atoms with Crippen molar-refractivity contribution < 1.29 is 9.90 Å². The first-order valence-corrected chi connectivity index (χ1v) is 6.35. The van der Waals surface area contributed by atoms with Gasteiger partial charge in [-0.2, -0.15) is 0 Å². The molecule has 0 atom stereocenters. The predicted octanol–water partition coefficient (Wildman–Crippen LogP) is 0.782. The van der Waals surface area contributed by atoms with Crippen LogP contribution < -0.4 is 9.36 Å². The van der Waals surface area contributed by atoms with E-state index < -0.39 is 5.97 Å². The molecule has 0 aromatic heterocycles. The Morgan fingerprint density at radius 2 is 2.20 bits per heavy atom. The molecular formula is C11H11NO2Se. The molecule has 0 aliphatic carbocycles. The number of carboxylic acid groups (broad SMARTS) is 1. The van der Waals surface area contributed by atoms with E-state index in [2.05, 4.69) is 12.6 Å². The van der Waals surface area contributed by atoms with Gasteiger partial charge in [-0.05, 0) is 0 Å². The molecule has 0 saturated carbocycles. The van der Waals surface area contributed by atoms with Gasteiger partial charge >= 0.3 is 94.3 Å². The molecule has 0 spiro atoms. The standard InChI is InChI=1S/C11H11NO2Se/c1-8-12(7-6-11(13)14)9-4-2-3-5-10(9)15-8/h2-5H,1,6-7H2,(H,13,14). The second-order valence-corrected chi connectivity index (χ2v) is 5.60. The Bertz CT molecular complexity index is 417. The van der Waals surface area contributed by atoms with Gasteiger partial charge in [-0.3, -0.25) is 0 Å². The number of carbonyl (C=O) groups is 1. The van der Waals surface area contributed by atoms with Crippen LogP contribution in [-0.2, 0) is 4.79 Å². The summed E-state index contributed by atoms with van der Waals surface area (Å²) in [7, 11) is 0. The average molecular weight is 268 g/mol. The number of carboxylic acids is 1. The maximum absolute atomic E-state index is 10.5. The molecule has 0 amide bonds. The van der Waals surface area contributed by atoms with Crippen molar-refractivity contribution in [2.45, 2.75) is 6.42 Å². The minimum atomic E-state index is -0.764. The summed E-state index contributed by atoms with van der Waals surface area (Å²) in [5.74, 6) is -0.764. The number of hydrogen-bond donors (Lipinski definition) is 1. The maximum atomic E-state index is 10.5. The van der Waals surface area contributed by atoms with Crippen molar-refractivity contribution in [1.82, 2.24) is 0 Å². The molecule has 1 N–H and O–H groups in total. The van der Waals surface area contributed by atoms with Crippen LogP contribution in [0.2, 0.25) is 0 Å². The average Bonchev–Trinajstić information content (AvgIpc) is 2.50. The van der Waals surface area contributed by atoms with Crippen molar-refractivity contribution in [1.29, 1.82) is 0 Å². The van der Waals surface area contributed by atoms with Crippen molar-refractivity contribution in [3.05, 3.63) is 35.4 Å². The van der Waals surface area contributed by atoms with Crippen molar-refractivity contribution >= 4 is 31.1 Å². The molecule has 4 heteroatoms. The van der Waals surface area contributed by atoms with Crippen molar-refractivity contribution in [2.75, 3.05) is 11.4 Å². The fraction of sp³-hybridized carbons (Fsp3) is 0.182. The molecule has 0 saturated heterocycles. The predicted molar refractivity (Wildman–Crippen MR) is 60.6 cm³/mol. The monoisotopic (exact) mass is 269 g/mol. The van der Waals surface area contributed by atoms with E-state index in [-0.39, 0.29) is 21.4 Å². The number of para-hydroxylation sites is 1. The van der Waals surface area contributed by atoms with Crippen LogP contribution in [0.5, 0.6) is 0 Å². The molecule has 1 aliphatic rings. The number of aliphatic carboxylic acids is 1. The van der Waals surface area contributed by atoms with Gasteiger partial charge in [0.15, 0.2) is 0 Å². The molecular weight excluding hydrogens is 257 g/mol. The van der Waals surface area contributed by atoms with E-state index in [0.29, 0.717) is 6.54 Å². The van der Waals surface area contributed by atoms with Crippen molar-refractivity contribution in [2.24, 2.45) is 0 Å². The summed E-state index contributed by atoms with van der Waals surface area (Å²) in [6.07, 6.45) is 0.156. The minimum absolute atomic E-state index is 0.156. The molecule has 2 rings (SSSR count). The van der Waals surface area contributed by atoms with Crippen molar-refractivity contribution in [3.8, 4) is 0 Å². The van der Waals surface area contributed by atoms with E-state index >= 15 is 0 Å². The molecule has 0 bridgehead atoms. The molecule has 0 radical (unpaired) electrons. The molecule has 15 heavy (non-hydrogen) atoms. The van der Waals surface area contributed by atoms with Gasteiger partial charge in [0.05, 0.1) is 0 Å². The Hall–Kier alpha value is -1.25. The number of rotatable bonds is 3. The SMILES string of the molecule is C=C1[Se]c2ccccc2N1CCC(=O)O. The molecule has 0 fully saturated rings. The topological polar surface area (TPSA) is 40.5 Å². The summed E-state index contributed by atoms with van der Waals surface area (Å²) < 4.78 is 2.34. The van der Waals surface area contributed by atoms with Crippen LogP contribution in [0, 0.1) is 0 Å². The second-order valence-electron chi connectivity index (χ2n) is 3.26. The van der Waals surface area contributed by atoms with Gasteiger partial charge in [0, 0.05) is 0 Å². The first-order valence-electron chi connectivity index (χ1n) is 4.63. The number of fused-ring (bicyclic) bond motifs is 1. The van der Waals surface area contributed by atoms with Crippen LogP contribution in [0.3, 0.4) is 0 Å². The van der Waals surface area contributed by atoms with Crippen molar-refractivity contribution in [3.63, 3.8) is 0 Å². The number of hydrogen-bond acceptors (Lipinski definition) is 2. The summed E-state index contributed by atoms with van der Waals surface area (Å²) in [4.78, 5) is 12.5. The van der Waals surface area contributed by atoms with Crippen LogP contribution in [0.25, 0.3) is 0 Å². The number of anilines is 1. The Morgan fingerprint density at radius 1 is 1.47 bits per heavy atom. The van der Waals surface area contributed by atoms with Crippen LogP contribution in [0.4, 0.5) is 5.69 Å². The molecule has 0 unspecified atom stereocenters. The normalized spacial score (nSPS) is 14.1. The van der Waals surface area contributed by atoms with Crippen LogP contribution >= 0.6 is 0 Å². The summed E-state index contributed by atoms with van der Waals surface area (Å²) in [6.45, 7) is 4.51. The number of nitrogens with zero attached hydrogens (tertiary/aromatic N) is 1. The van der Waals surface area contributed by atoms with Gasteiger partial charge in [-0.25, -0.2) is 0 Å². The molecule has 1 aromatic rings. The zero-order chi connectivity index (χ0) is 10.8. The summed E-state index contributed by atoms with van der Waals surface area (Å²) >= 11 is 0.259. The molecule has 1 heterocycles. The quantitative estimate of drug-likeness (QED) is 0.824. The van der Waals surface area contributed by atoms with E-state index in [1.54, 1.807) is 0 Å². The van der Waals surface area contributed by atoms with E-state index in [4.69, 9.17) is 5.11 Å². The van der Waals surface area contributed by atoms with Gasteiger partial charge in [0.2, 0.25) is 0 Å². The van der Waals surface area contributed by atoms with E-state index in [1.807, 2.05) is 23.1 Å². The van der Waals surface area contributed by atoms with Gasteiger partial charge in [0.25, 0.3) is 0 Å². The van der Waals surface area contributed by atoms with Gasteiger partial charge < -0.3 is 0 Å². The Morgan fingerprint density at radius 3 is 2.93 bits per heavy atom. The van der Waals surface area contributed by atoms with E-state index in [9.17, 15) is 4.79 Å². The second kappa shape index (κ2) is 4.09. The summed E-state index contributed by atoms with van der Waals surface area (Å²) in [5.41, 5.74) is 1.13. The van der Waals surface area contributed by atoms with Gasteiger partial charge in [0.1, 0.15) is 0 Å². The zero-order valence-corrected chi connectivity index (χ0v) is 9.85. The van der Waals surface area contributed by atoms with E-state index in [1.165, 1.54) is 4.46 Å². The third-order valence-electron chi connectivity index (χ3n) is 2.23. The Balaban J connectivity index is 2.18.